The van der Waals surface area contributed by atoms with E-state index in [0.717, 1.165) is 12.2 Å². The summed E-state index contributed by atoms with van der Waals surface area (Å²) in [6.07, 6.45) is 5.31. The number of rotatable bonds is 4. The van der Waals surface area contributed by atoms with Gasteiger partial charge in [-0.25, -0.2) is 0 Å². The molecule has 1 aliphatic carbocycles. The summed E-state index contributed by atoms with van der Waals surface area (Å²) in [5.74, 6) is 1.03. The van der Waals surface area contributed by atoms with E-state index in [9.17, 15) is 5.11 Å². The van der Waals surface area contributed by atoms with Gasteiger partial charge in [0.25, 0.3) is 0 Å². The van der Waals surface area contributed by atoms with Crippen LogP contribution in [0.5, 0.6) is 5.75 Å². The summed E-state index contributed by atoms with van der Waals surface area (Å²) in [7, 11) is 0. The van der Waals surface area contributed by atoms with Gasteiger partial charge in [-0.1, -0.05) is 12.1 Å². The summed E-state index contributed by atoms with van der Waals surface area (Å²) in [6, 6.07) is 6.32. The zero-order chi connectivity index (χ0) is 11.4. The standard InChI is InChI=1S/C14H20O2/c1-11(15)9-10-16-14-8-4-6-12-5-2-3-7-13(12)14/h4,6,8,11,15H,2-3,5,7,9-10H2,1H3. The van der Waals surface area contributed by atoms with Crippen LogP contribution in [0.3, 0.4) is 0 Å². The predicted octanol–water partition coefficient (Wildman–Crippen LogP) is 2.72. The Morgan fingerprint density at radius 2 is 2.12 bits per heavy atom. The number of aliphatic hydroxyl groups excluding tert-OH is 1. The van der Waals surface area contributed by atoms with Crippen LogP contribution in [0.1, 0.15) is 37.3 Å². The second-order valence-electron chi connectivity index (χ2n) is 4.59. The third-order valence-electron chi connectivity index (χ3n) is 3.15. The maximum Gasteiger partial charge on any atom is 0.122 e. The Hall–Kier alpha value is -1.02. The van der Waals surface area contributed by atoms with Crippen LogP contribution in [0.25, 0.3) is 0 Å². The first-order chi connectivity index (χ1) is 7.77. The Balaban J connectivity index is 2.03. The zero-order valence-corrected chi connectivity index (χ0v) is 9.91. The quantitative estimate of drug-likeness (QED) is 0.845. The van der Waals surface area contributed by atoms with Gasteiger partial charge in [0.1, 0.15) is 5.75 Å². The smallest absolute Gasteiger partial charge is 0.122 e. The van der Waals surface area contributed by atoms with Crippen molar-refractivity contribution in [2.45, 2.75) is 45.1 Å². The van der Waals surface area contributed by atoms with Crippen molar-refractivity contribution in [2.75, 3.05) is 6.61 Å². The molecule has 2 nitrogen and oxygen atoms in total. The van der Waals surface area contributed by atoms with Crippen molar-refractivity contribution >= 4 is 0 Å². The first kappa shape index (κ1) is 11.5. The van der Waals surface area contributed by atoms with Gasteiger partial charge in [-0.3, -0.25) is 0 Å². The van der Waals surface area contributed by atoms with E-state index in [1.54, 1.807) is 6.92 Å². The highest BCUT2D eigenvalue weighted by Gasteiger charge is 2.13. The Morgan fingerprint density at radius 3 is 2.94 bits per heavy atom. The first-order valence-corrected chi connectivity index (χ1v) is 6.19. The van der Waals surface area contributed by atoms with Crippen molar-refractivity contribution in [1.82, 2.24) is 0 Å². The van der Waals surface area contributed by atoms with Gasteiger partial charge in [-0.05, 0) is 49.8 Å². The molecule has 0 saturated heterocycles. The molecule has 0 heterocycles. The molecule has 0 spiro atoms. The van der Waals surface area contributed by atoms with E-state index in [1.165, 1.54) is 30.4 Å². The van der Waals surface area contributed by atoms with Crippen molar-refractivity contribution in [2.24, 2.45) is 0 Å². The van der Waals surface area contributed by atoms with Crippen LogP contribution in [0.2, 0.25) is 0 Å². The van der Waals surface area contributed by atoms with Crippen LogP contribution in [0.4, 0.5) is 0 Å². The van der Waals surface area contributed by atoms with Gasteiger partial charge < -0.3 is 9.84 Å². The molecule has 1 unspecified atom stereocenters. The fourth-order valence-corrected chi connectivity index (χ4v) is 2.22. The monoisotopic (exact) mass is 220 g/mol. The maximum atomic E-state index is 9.19. The highest BCUT2D eigenvalue weighted by Crippen LogP contribution is 2.29. The number of aliphatic hydroxyl groups is 1. The topological polar surface area (TPSA) is 29.5 Å². The van der Waals surface area contributed by atoms with Gasteiger partial charge in [-0.2, -0.15) is 0 Å². The molecule has 0 aromatic heterocycles. The highest BCUT2D eigenvalue weighted by molar-refractivity contribution is 5.41. The largest absolute Gasteiger partial charge is 0.493 e. The molecule has 0 radical (unpaired) electrons. The lowest BCUT2D eigenvalue weighted by Gasteiger charge is -2.19. The van der Waals surface area contributed by atoms with Gasteiger partial charge in [0.2, 0.25) is 0 Å². The van der Waals surface area contributed by atoms with E-state index in [2.05, 4.69) is 12.1 Å². The summed E-state index contributed by atoms with van der Waals surface area (Å²) >= 11 is 0. The molecule has 0 saturated carbocycles. The lowest BCUT2D eigenvalue weighted by Crippen LogP contribution is -2.10. The minimum atomic E-state index is -0.278. The Bertz CT molecular complexity index is 345. The van der Waals surface area contributed by atoms with Crippen molar-refractivity contribution in [3.8, 4) is 5.75 Å². The molecule has 2 heteroatoms. The summed E-state index contributed by atoms with van der Waals surface area (Å²) in [6.45, 7) is 2.40. The van der Waals surface area contributed by atoms with Crippen LogP contribution in [-0.4, -0.2) is 17.8 Å². The fourth-order valence-electron chi connectivity index (χ4n) is 2.22. The van der Waals surface area contributed by atoms with E-state index in [0.29, 0.717) is 13.0 Å². The van der Waals surface area contributed by atoms with Crippen LogP contribution in [-0.2, 0) is 12.8 Å². The van der Waals surface area contributed by atoms with Crippen LogP contribution in [0, 0.1) is 0 Å². The van der Waals surface area contributed by atoms with E-state index in [1.807, 2.05) is 6.07 Å². The summed E-state index contributed by atoms with van der Waals surface area (Å²) in [5.41, 5.74) is 2.83. The number of hydrogen-bond donors (Lipinski definition) is 1. The number of benzene rings is 1. The van der Waals surface area contributed by atoms with Crippen molar-refractivity contribution in [3.63, 3.8) is 0 Å². The van der Waals surface area contributed by atoms with Crippen molar-refractivity contribution in [1.29, 1.82) is 0 Å². The van der Waals surface area contributed by atoms with Crippen molar-refractivity contribution in [3.05, 3.63) is 29.3 Å². The fraction of sp³-hybridized carbons (Fsp3) is 0.571. The zero-order valence-electron chi connectivity index (χ0n) is 9.91. The van der Waals surface area contributed by atoms with E-state index in [-0.39, 0.29) is 6.10 Å². The van der Waals surface area contributed by atoms with E-state index < -0.39 is 0 Å². The third kappa shape index (κ3) is 2.76. The van der Waals surface area contributed by atoms with Crippen molar-refractivity contribution < 1.29 is 9.84 Å². The molecule has 1 atom stereocenters. The number of fused-ring (bicyclic) bond motifs is 1. The summed E-state index contributed by atoms with van der Waals surface area (Å²) in [4.78, 5) is 0. The molecular weight excluding hydrogens is 200 g/mol. The van der Waals surface area contributed by atoms with E-state index >= 15 is 0 Å². The van der Waals surface area contributed by atoms with Crippen LogP contribution in [0.15, 0.2) is 18.2 Å². The lowest BCUT2D eigenvalue weighted by atomic mass is 9.91. The minimum absolute atomic E-state index is 0.278. The number of aryl methyl sites for hydroxylation is 1. The molecule has 16 heavy (non-hydrogen) atoms. The average Bonchev–Trinajstić information content (AvgIpc) is 2.29. The van der Waals surface area contributed by atoms with Gasteiger partial charge in [0, 0.05) is 6.42 Å². The Labute approximate surface area is 97.3 Å². The third-order valence-corrected chi connectivity index (χ3v) is 3.15. The van der Waals surface area contributed by atoms with Crippen LogP contribution >= 0.6 is 0 Å². The number of hydrogen-bond acceptors (Lipinski definition) is 2. The second-order valence-corrected chi connectivity index (χ2v) is 4.59. The van der Waals surface area contributed by atoms with Gasteiger partial charge in [0.05, 0.1) is 12.7 Å². The van der Waals surface area contributed by atoms with E-state index in [4.69, 9.17) is 4.74 Å². The molecule has 0 aliphatic heterocycles. The second kappa shape index (κ2) is 5.35. The predicted molar refractivity (Wildman–Crippen MR) is 64.9 cm³/mol. The summed E-state index contributed by atoms with van der Waals surface area (Å²) < 4.78 is 5.76. The molecule has 1 aliphatic rings. The van der Waals surface area contributed by atoms with Crippen LogP contribution < -0.4 is 4.74 Å². The highest BCUT2D eigenvalue weighted by atomic mass is 16.5. The lowest BCUT2D eigenvalue weighted by molar-refractivity contribution is 0.155. The molecule has 1 N–H and O–H groups in total. The molecular formula is C14H20O2. The molecule has 0 fully saturated rings. The molecule has 0 bridgehead atoms. The normalized spacial score (nSPS) is 16.6. The maximum absolute atomic E-state index is 9.19. The average molecular weight is 220 g/mol. The van der Waals surface area contributed by atoms with Gasteiger partial charge >= 0.3 is 0 Å². The van der Waals surface area contributed by atoms with Gasteiger partial charge in [0.15, 0.2) is 0 Å². The Kier molecular flexibility index (Phi) is 3.83. The first-order valence-electron chi connectivity index (χ1n) is 6.19. The number of ether oxygens (including phenoxy) is 1. The molecule has 2 rings (SSSR count). The molecule has 88 valence electrons. The molecule has 0 amide bonds. The summed E-state index contributed by atoms with van der Waals surface area (Å²) in [5, 5.41) is 9.19. The minimum Gasteiger partial charge on any atom is -0.493 e. The SMILES string of the molecule is CC(O)CCOc1cccc2c1CCCC2. The van der Waals surface area contributed by atoms with Gasteiger partial charge in [-0.15, -0.1) is 0 Å². The molecule has 1 aromatic rings. The Morgan fingerprint density at radius 1 is 1.31 bits per heavy atom. The molecule has 1 aromatic carbocycles.